The monoisotopic (exact) mass is 402 g/mol. The predicted molar refractivity (Wildman–Crippen MR) is 98.8 cm³/mol. The van der Waals surface area contributed by atoms with E-state index < -0.39 is 23.9 Å². The van der Waals surface area contributed by atoms with Crippen LogP contribution in [0.1, 0.15) is 55.3 Å². The van der Waals surface area contributed by atoms with E-state index in [1.165, 1.54) is 36.4 Å². The topological polar surface area (TPSA) is 136 Å². The van der Waals surface area contributed by atoms with Crippen LogP contribution in [0.15, 0.2) is 36.4 Å². The fourth-order valence-corrected chi connectivity index (χ4v) is 2.44. The van der Waals surface area contributed by atoms with Crippen molar-refractivity contribution in [2.45, 2.75) is 13.8 Å². The Morgan fingerprint density at radius 2 is 1.07 bits per heavy atom. The first kappa shape index (κ1) is 21.4. The molecule has 0 bridgehead atoms. The van der Waals surface area contributed by atoms with Crippen LogP contribution in [0.2, 0.25) is 0 Å². The van der Waals surface area contributed by atoms with Crippen molar-refractivity contribution in [3.05, 3.63) is 58.7 Å². The molecule has 0 radical (unpaired) electrons. The number of hydrogen-bond donors (Lipinski definition) is 2. The first-order valence-electron chi connectivity index (χ1n) is 8.55. The molecule has 0 aliphatic rings. The minimum Gasteiger partial charge on any atom is -0.478 e. The van der Waals surface area contributed by atoms with Crippen molar-refractivity contribution in [2.75, 3.05) is 13.2 Å². The second-order valence-electron chi connectivity index (χ2n) is 5.57. The molecule has 0 aromatic heterocycles. The van der Waals surface area contributed by atoms with Gasteiger partial charge in [-0.25, -0.2) is 19.2 Å². The maximum absolute atomic E-state index is 12.0. The molecule has 29 heavy (non-hydrogen) atoms. The van der Waals surface area contributed by atoms with Crippen molar-refractivity contribution in [1.82, 2.24) is 0 Å². The number of ether oxygens (including phenoxy) is 3. The molecule has 152 valence electrons. The van der Waals surface area contributed by atoms with Crippen molar-refractivity contribution in [3.8, 4) is 11.5 Å². The van der Waals surface area contributed by atoms with E-state index in [2.05, 4.69) is 0 Å². The number of carbonyl (C=O) groups excluding carboxylic acids is 2. The zero-order valence-electron chi connectivity index (χ0n) is 15.6. The highest BCUT2D eigenvalue weighted by Crippen LogP contribution is 2.27. The smallest absolute Gasteiger partial charge is 0.339 e. The maximum Gasteiger partial charge on any atom is 0.339 e. The number of esters is 2. The summed E-state index contributed by atoms with van der Waals surface area (Å²) in [5, 5.41) is 18.5. The predicted octanol–water partition coefficient (Wildman–Crippen LogP) is 3.23. The quantitative estimate of drug-likeness (QED) is 0.638. The summed E-state index contributed by atoms with van der Waals surface area (Å²) >= 11 is 0. The van der Waals surface area contributed by atoms with Crippen LogP contribution in [0.25, 0.3) is 0 Å². The minimum atomic E-state index is -1.31. The van der Waals surface area contributed by atoms with Crippen LogP contribution in [0.5, 0.6) is 11.5 Å². The van der Waals surface area contributed by atoms with E-state index in [4.69, 9.17) is 14.2 Å². The van der Waals surface area contributed by atoms with Gasteiger partial charge in [0.15, 0.2) is 0 Å². The van der Waals surface area contributed by atoms with Gasteiger partial charge in [0, 0.05) is 0 Å². The highest BCUT2D eigenvalue weighted by atomic mass is 16.5. The molecular formula is C20H18O9. The number of hydrogen-bond acceptors (Lipinski definition) is 7. The van der Waals surface area contributed by atoms with Gasteiger partial charge in [-0.15, -0.1) is 0 Å². The van der Waals surface area contributed by atoms with Crippen molar-refractivity contribution < 1.29 is 43.6 Å². The lowest BCUT2D eigenvalue weighted by Crippen LogP contribution is -2.12. The second-order valence-corrected chi connectivity index (χ2v) is 5.57. The van der Waals surface area contributed by atoms with E-state index in [0.717, 1.165) is 0 Å². The lowest BCUT2D eigenvalue weighted by Gasteiger charge is -2.12. The molecule has 0 spiro atoms. The molecule has 2 aromatic carbocycles. The molecule has 0 aliphatic heterocycles. The van der Waals surface area contributed by atoms with E-state index in [1.54, 1.807) is 13.8 Å². The Morgan fingerprint density at radius 1 is 0.690 bits per heavy atom. The van der Waals surface area contributed by atoms with Gasteiger partial charge in [0.05, 0.1) is 35.5 Å². The second kappa shape index (κ2) is 9.36. The average Bonchev–Trinajstić information content (AvgIpc) is 2.67. The standard InChI is InChI=1S/C20H18O9/c1-3-27-19(25)15-9-11(5-7-13(15)17(21)22)29-12-6-8-14(18(23)24)16(10-12)20(26)28-4-2/h5-10H,3-4H2,1-2H3,(H,21,22)(H,23,24). The number of carboxylic acids is 2. The summed E-state index contributed by atoms with van der Waals surface area (Å²) in [6, 6.07) is 7.39. The lowest BCUT2D eigenvalue weighted by atomic mass is 10.1. The fraction of sp³-hybridized carbons (Fsp3) is 0.200. The first-order chi connectivity index (χ1) is 13.8. The summed E-state index contributed by atoms with van der Waals surface area (Å²) in [6.07, 6.45) is 0. The number of rotatable bonds is 8. The zero-order valence-corrected chi connectivity index (χ0v) is 15.6. The molecule has 9 nitrogen and oxygen atoms in total. The Hall–Kier alpha value is -3.88. The van der Waals surface area contributed by atoms with E-state index in [-0.39, 0.29) is 47.0 Å². The third-order valence-corrected chi connectivity index (χ3v) is 3.67. The van der Waals surface area contributed by atoms with Gasteiger partial charge in [-0.05, 0) is 50.2 Å². The largest absolute Gasteiger partial charge is 0.478 e. The summed E-state index contributed by atoms with van der Waals surface area (Å²) < 4.78 is 15.3. The number of benzene rings is 2. The number of carbonyl (C=O) groups is 4. The first-order valence-corrected chi connectivity index (χ1v) is 8.55. The third-order valence-electron chi connectivity index (χ3n) is 3.67. The normalized spacial score (nSPS) is 10.1. The summed E-state index contributed by atoms with van der Waals surface area (Å²) in [6.45, 7) is 3.28. The van der Waals surface area contributed by atoms with Crippen LogP contribution >= 0.6 is 0 Å². The van der Waals surface area contributed by atoms with Crippen molar-refractivity contribution in [2.24, 2.45) is 0 Å². The number of aromatic carboxylic acids is 2. The SMILES string of the molecule is CCOC(=O)c1cc(Oc2ccc(C(=O)O)c(C(=O)OCC)c2)ccc1C(=O)O. The molecule has 9 heteroatoms. The van der Waals surface area contributed by atoms with E-state index in [9.17, 15) is 29.4 Å². The zero-order chi connectivity index (χ0) is 21.6. The van der Waals surface area contributed by atoms with Crippen LogP contribution in [0, 0.1) is 0 Å². The van der Waals surface area contributed by atoms with E-state index >= 15 is 0 Å². The molecule has 0 unspecified atom stereocenters. The van der Waals surface area contributed by atoms with Crippen LogP contribution in [0.4, 0.5) is 0 Å². The van der Waals surface area contributed by atoms with Crippen LogP contribution < -0.4 is 4.74 Å². The Balaban J connectivity index is 2.43. The molecule has 0 aliphatic carbocycles. The molecule has 2 rings (SSSR count). The average molecular weight is 402 g/mol. The summed E-state index contributed by atoms with van der Waals surface area (Å²) in [5.41, 5.74) is -0.928. The molecule has 0 fully saturated rings. The summed E-state index contributed by atoms with van der Waals surface area (Å²) in [7, 11) is 0. The summed E-state index contributed by atoms with van der Waals surface area (Å²) in [4.78, 5) is 46.7. The molecule has 0 saturated heterocycles. The molecule has 2 N–H and O–H groups in total. The van der Waals surface area contributed by atoms with Crippen molar-refractivity contribution in [1.29, 1.82) is 0 Å². The van der Waals surface area contributed by atoms with Gasteiger partial charge in [0.1, 0.15) is 11.5 Å². The molecule has 0 atom stereocenters. The third kappa shape index (κ3) is 5.10. The molecule has 0 saturated carbocycles. The van der Waals surface area contributed by atoms with Crippen molar-refractivity contribution in [3.63, 3.8) is 0 Å². The Labute approximate surface area is 165 Å². The van der Waals surface area contributed by atoms with Crippen LogP contribution in [-0.4, -0.2) is 47.3 Å². The van der Waals surface area contributed by atoms with Gasteiger partial charge in [0.25, 0.3) is 0 Å². The van der Waals surface area contributed by atoms with Crippen LogP contribution in [-0.2, 0) is 9.47 Å². The molecule has 2 aromatic rings. The van der Waals surface area contributed by atoms with E-state index in [1.807, 2.05) is 0 Å². The van der Waals surface area contributed by atoms with Gasteiger partial charge < -0.3 is 24.4 Å². The van der Waals surface area contributed by atoms with Crippen LogP contribution in [0.3, 0.4) is 0 Å². The molecule has 0 amide bonds. The van der Waals surface area contributed by atoms with Gasteiger partial charge in [0.2, 0.25) is 0 Å². The van der Waals surface area contributed by atoms with Gasteiger partial charge >= 0.3 is 23.9 Å². The van der Waals surface area contributed by atoms with Gasteiger partial charge in [-0.1, -0.05) is 0 Å². The van der Waals surface area contributed by atoms with E-state index in [0.29, 0.717) is 0 Å². The fourth-order valence-electron chi connectivity index (χ4n) is 2.44. The molecular weight excluding hydrogens is 384 g/mol. The maximum atomic E-state index is 12.0. The Morgan fingerprint density at radius 3 is 1.38 bits per heavy atom. The minimum absolute atomic E-state index is 0.0581. The van der Waals surface area contributed by atoms with Gasteiger partial charge in [-0.3, -0.25) is 0 Å². The molecule has 0 heterocycles. The Kier molecular flexibility index (Phi) is 6.91. The number of carboxylic acid groups (broad SMARTS) is 2. The highest BCUT2D eigenvalue weighted by Gasteiger charge is 2.21. The summed E-state index contributed by atoms with van der Waals surface area (Å²) in [5.74, 6) is -4.09. The Bertz CT molecular complexity index is 885. The van der Waals surface area contributed by atoms with Gasteiger partial charge in [-0.2, -0.15) is 0 Å². The lowest BCUT2D eigenvalue weighted by molar-refractivity contribution is 0.0509. The van der Waals surface area contributed by atoms with Crippen molar-refractivity contribution >= 4 is 23.9 Å². The highest BCUT2D eigenvalue weighted by molar-refractivity contribution is 6.03.